The molecule has 0 unspecified atom stereocenters. The minimum atomic E-state index is -0.164. The van der Waals surface area contributed by atoms with Gasteiger partial charge in [-0.2, -0.15) is 0 Å². The van der Waals surface area contributed by atoms with Crippen molar-refractivity contribution in [1.29, 1.82) is 0 Å². The maximum atomic E-state index is 13.8. The van der Waals surface area contributed by atoms with Crippen LogP contribution in [-0.2, 0) is 4.74 Å². The zero-order valence-corrected chi connectivity index (χ0v) is 16.5. The molecule has 0 aromatic heterocycles. The molecule has 0 N–H and O–H groups in total. The molecule has 2 aromatic rings. The molecule has 148 valence electrons. The lowest BCUT2D eigenvalue weighted by atomic mass is 9.88. The number of Topliss-reactive ketones (excluding diaryl/α,β-unsaturated/α-hetero) is 1. The summed E-state index contributed by atoms with van der Waals surface area (Å²) in [6, 6.07) is 20.3. The van der Waals surface area contributed by atoms with E-state index in [0.717, 1.165) is 45.0 Å². The fourth-order valence-electron chi connectivity index (χ4n) is 4.58. The summed E-state index contributed by atoms with van der Waals surface area (Å²) in [5.41, 5.74) is 2.04. The van der Waals surface area contributed by atoms with Crippen molar-refractivity contribution in [3.05, 3.63) is 71.8 Å². The third kappa shape index (κ3) is 4.35. The highest BCUT2D eigenvalue weighted by Crippen LogP contribution is 2.32. The highest BCUT2D eigenvalue weighted by Gasteiger charge is 2.39. The molecule has 2 saturated heterocycles. The molecule has 28 heavy (non-hydrogen) atoms. The molecule has 0 amide bonds. The topological polar surface area (TPSA) is 32.8 Å². The average Bonchev–Trinajstić information content (AvgIpc) is 2.79. The van der Waals surface area contributed by atoms with E-state index < -0.39 is 0 Å². The number of hydrogen-bond donors (Lipinski definition) is 0. The Balaban J connectivity index is 1.74. The summed E-state index contributed by atoms with van der Waals surface area (Å²) in [6.45, 7) is 5.19. The van der Waals surface area contributed by atoms with Crippen LogP contribution in [0.5, 0.6) is 0 Å². The van der Waals surface area contributed by atoms with E-state index in [1.807, 2.05) is 30.3 Å². The molecule has 2 aliphatic rings. The highest BCUT2D eigenvalue weighted by molar-refractivity contribution is 6.00. The number of nitrogens with zero attached hydrogens (tertiary/aromatic N) is 2. The lowest BCUT2D eigenvalue weighted by molar-refractivity contribution is -0.00990. The number of hydrogen-bond acceptors (Lipinski definition) is 4. The maximum Gasteiger partial charge on any atom is 0.181 e. The van der Waals surface area contributed by atoms with E-state index in [-0.39, 0.29) is 17.9 Å². The fraction of sp³-hybridized carbons (Fsp3) is 0.458. The molecular formula is C24H30N2O2. The Hall–Kier alpha value is -2.01. The van der Waals surface area contributed by atoms with E-state index in [1.54, 1.807) is 0 Å². The number of benzene rings is 2. The Labute approximate surface area is 168 Å². The van der Waals surface area contributed by atoms with Crippen LogP contribution in [0.4, 0.5) is 0 Å². The minimum absolute atomic E-state index is 0.0518. The fourth-order valence-corrected chi connectivity index (χ4v) is 4.58. The van der Waals surface area contributed by atoms with Gasteiger partial charge in [0.05, 0.1) is 25.3 Å². The second-order valence-electron chi connectivity index (χ2n) is 7.78. The van der Waals surface area contributed by atoms with E-state index in [2.05, 4.69) is 40.1 Å². The van der Waals surface area contributed by atoms with E-state index in [1.165, 1.54) is 24.8 Å². The number of rotatable bonds is 6. The first-order valence-corrected chi connectivity index (χ1v) is 10.5. The van der Waals surface area contributed by atoms with Gasteiger partial charge in [-0.1, -0.05) is 67.1 Å². The normalized spacial score (nSPS) is 21.1. The molecule has 2 fully saturated rings. The third-order valence-corrected chi connectivity index (χ3v) is 5.99. The molecule has 2 heterocycles. The summed E-state index contributed by atoms with van der Waals surface area (Å²) >= 11 is 0. The third-order valence-electron chi connectivity index (χ3n) is 5.99. The van der Waals surface area contributed by atoms with Crippen LogP contribution >= 0.6 is 0 Å². The summed E-state index contributed by atoms with van der Waals surface area (Å²) in [6.07, 6.45) is 3.60. The van der Waals surface area contributed by atoms with Gasteiger partial charge in [0, 0.05) is 18.7 Å². The van der Waals surface area contributed by atoms with Crippen LogP contribution in [0.1, 0.15) is 41.2 Å². The smallest absolute Gasteiger partial charge is 0.181 e. The molecule has 0 spiro atoms. The van der Waals surface area contributed by atoms with Crippen LogP contribution in [0.15, 0.2) is 60.7 Å². The van der Waals surface area contributed by atoms with Gasteiger partial charge >= 0.3 is 0 Å². The van der Waals surface area contributed by atoms with Crippen LogP contribution in [-0.4, -0.2) is 61.0 Å². The van der Waals surface area contributed by atoms with E-state index in [4.69, 9.17) is 4.74 Å². The molecule has 2 aliphatic heterocycles. The van der Waals surface area contributed by atoms with Gasteiger partial charge in [-0.05, 0) is 31.5 Å². The number of carbonyl (C=O) groups excluding carboxylic acids is 1. The first-order chi connectivity index (χ1) is 13.8. The van der Waals surface area contributed by atoms with Crippen molar-refractivity contribution < 1.29 is 9.53 Å². The predicted molar refractivity (Wildman–Crippen MR) is 112 cm³/mol. The summed E-state index contributed by atoms with van der Waals surface area (Å²) in [7, 11) is 0. The van der Waals surface area contributed by atoms with Crippen molar-refractivity contribution in [2.75, 3.05) is 39.4 Å². The largest absolute Gasteiger partial charge is 0.379 e. The quantitative estimate of drug-likeness (QED) is 0.716. The zero-order valence-electron chi connectivity index (χ0n) is 16.5. The van der Waals surface area contributed by atoms with Crippen molar-refractivity contribution in [2.24, 2.45) is 0 Å². The van der Waals surface area contributed by atoms with Crippen LogP contribution in [0.25, 0.3) is 0 Å². The van der Waals surface area contributed by atoms with Crippen LogP contribution in [0, 0.1) is 0 Å². The van der Waals surface area contributed by atoms with Crippen molar-refractivity contribution in [1.82, 2.24) is 9.80 Å². The number of likely N-dealkylation sites (tertiary alicyclic amines) is 1. The Kier molecular flexibility index (Phi) is 6.53. The van der Waals surface area contributed by atoms with Crippen molar-refractivity contribution >= 4 is 5.78 Å². The summed E-state index contributed by atoms with van der Waals surface area (Å²) < 4.78 is 5.62. The van der Waals surface area contributed by atoms with Gasteiger partial charge in [-0.15, -0.1) is 0 Å². The van der Waals surface area contributed by atoms with E-state index in [9.17, 15) is 4.79 Å². The molecule has 4 rings (SSSR count). The van der Waals surface area contributed by atoms with Crippen LogP contribution in [0.2, 0.25) is 0 Å². The van der Waals surface area contributed by atoms with E-state index in [0.29, 0.717) is 0 Å². The minimum Gasteiger partial charge on any atom is -0.379 e. The van der Waals surface area contributed by atoms with Gasteiger partial charge in [0.25, 0.3) is 0 Å². The average molecular weight is 379 g/mol. The van der Waals surface area contributed by atoms with Crippen LogP contribution < -0.4 is 0 Å². The molecule has 0 aliphatic carbocycles. The molecule has 2 atom stereocenters. The van der Waals surface area contributed by atoms with Crippen LogP contribution in [0.3, 0.4) is 0 Å². The summed E-state index contributed by atoms with van der Waals surface area (Å²) in [5.74, 6) is 0.239. The second-order valence-corrected chi connectivity index (χ2v) is 7.78. The van der Waals surface area contributed by atoms with Gasteiger partial charge in [0.2, 0.25) is 0 Å². The maximum absolute atomic E-state index is 13.8. The first kappa shape index (κ1) is 19.3. The lowest BCUT2D eigenvalue weighted by Crippen LogP contribution is -2.54. The summed E-state index contributed by atoms with van der Waals surface area (Å²) in [4.78, 5) is 18.7. The lowest BCUT2D eigenvalue weighted by Gasteiger charge is -2.44. The number of ketones is 1. The molecule has 0 bridgehead atoms. The Morgan fingerprint density at radius 2 is 1.36 bits per heavy atom. The molecule has 4 nitrogen and oxygen atoms in total. The zero-order chi connectivity index (χ0) is 19.2. The Bertz CT molecular complexity index is 738. The van der Waals surface area contributed by atoms with E-state index >= 15 is 0 Å². The molecule has 2 aromatic carbocycles. The second kappa shape index (κ2) is 9.46. The SMILES string of the molecule is O=C(c1ccccc1)[C@H]([C@@H](c1ccccc1)N1CCOCC1)N1CCCCC1. The van der Waals surface area contributed by atoms with Crippen molar-refractivity contribution in [2.45, 2.75) is 31.3 Å². The first-order valence-electron chi connectivity index (χ1n) is 10.5. The van der Waals surface area contributed by atoms with Gasteiger partial charge < -0.3 is 4.74 Å². The summed E-state index contributed by atoms with van der Waals surface area (Å²) in [5, 5.41) is 0. The highest BCUT2D eigenvalue weighted by atomic mass is 16.5. The van der Waals surface area contributed by atoms with Gasteiger partial charge in [-0.25, -0.2) is 0 Å². The van der Waals surface area contributed by atoms with Crippen molar-refractivity contribution in [3.63, 3.8) is 0 Å². The number of ether oxygens (including phenoxy) is 1. The number of carbonyl (C=O) groups is 1. The number of morpholine rings is 1. The van der Waals surface area contributed by atoms with Crippen molar-refractivity contribution in [3.8, 4) is 0 Å². The molecule has 0 radical (unpaired) electrons. The predicted octanol–water partition coefficient (Wildman–Crippen LogP) is 3.80. The molecular weight excluding hydrogens is 348 g/mol. The Morgan fingerprint density at radius 3 is 2.00 bits per heavy atom. The van der Waals surface area contributed by atoms with Gasteiger partial charge in [-0.3, -0.25) is 14.6 Å². The standard InChI is InChI=1S/C24H30N2O2/c27-24(21-12-6-2-7-13-21)23(25-14-8-3-9-15-25)22(20-10-4-1-5-11-20)26-16-18-28-19-17-26/h1-2,4-7,10-13,22-23H,3,8-9,14-19H2/t22-,23+/m1/s1. The van der Waals surface area contributed by atoms with Gasteiger partial charge in [0.15, 0.2) is 5.78 Å². The monoisotopic (exact) mass is 378 g/mol. The Morgan fingerprint density at radius 1 is 0.750 bits per heavy atom. The van der Waals surface area contributed by atoms with Gasteiger partial charge in [0.1, 0.15) is 0 Å². The number of piperidine rings is 1. The molecule has 0 saturated carbocycles. The molecule has 4 heteroatoms.